The Balaban J connectivity index is 1.63. The quantitative estimate of drug-likeness (QED) is 0.448. The fourth-order valence-electron chi connectivity index (χ4n) is 3.28. The van der Waals surface area contributed by atoms with Crippen molar-refractivity contribution < 1.29 is 9.47 Å². The average Bonchev–Trinajstić information content (AvgIpc) is 3.45. The van der Waals surface area contributed by atoms with E-state index in [1.165, 1.54) is 4.70 Å². The minimum absolute atomic E-state index is 0.606. The maximum atomic E-state index is 5.41. The predicted molar refractivity (Wildman–Crippen MR) is 113 cm³/mol. The number of H-pyrrole nitrogens is 1. The predicted octanol–water partition coefficient (Wildman–Crippen LogP) is 4.39. The van der Waals surface area contributed by atoms with Crippen molar-refractivity contribution in [3.63, 3.8) is 0 Å². The van der Waals surface area contributed by atoms with Gasteiger partial charge >= 0.3 is 0 Å². The van der Waals surface area contributed by atoms with Gasteiger partial charge in [-0.25, -0.2) is 10.1 Å². The molecule has 0 bridgehead atoms. The maximum Gasteiger partial charge on any atom is 0.179 e. The average molecular weight is 404 g/mol. The molecule has 0 aliphatic heterocycles. The fourth-order valence-corrected chi connectivity index (χ4v) is 4.21. The Kier molecular flexibility index (Phi) is 4.21. The largest absolute Gasteiger partial charge is 0.493 e. The van der Waals surface area contributed by atoms with E-state index < -0.39 is 0 Å². The van der Waals surface area contributed by atoms with Gasteiger partial charge in [0.25, 0.3) is 0 Å². The number of thiophene rings is 1. The normalized spacial score (nSPS) is 11.1. The zero-order chi connectivity index (χ0) is 19.8. The highest BCUT2D eigenvalue weighted by Crippen LogP contribution is 2.37. The van der Waals surface area contributed by atoms with Crippen LogP contribution in [-0.2, 0) is 0 Å². The summed E-state index contributed by atoms with van der Waals surface area (Å²) in [4.78, 5) is 4.88. The highest BCUT2D eigenvalue weighted by molar-refractivity contribution is 7.18. The van der Waals surface area contributed by atoms with E-state index in [1.807, 2.05) is 30.3 Å². The Labute approximate surface area is 169 Å². The molecule has 0 spiro atoms. The smallest absolute Gasteiger partial charge is 0.179 e. The zero-order valence-electron chi connectivity index (χ0n) is 15.6. The number of tetrazole rings is 1. The molecule has 0 atom stereocenters. The van der Waals surface area contributed by atoms with Gasteiger partial charge in [-0.2, -0.15) is 0 Å². The Morgan fingerprint density at radius 2 is 1.86 bits per heavy atom. The molecule has 3 heterocycles. The molecule has 5 rings (SSSR count). The number of anilines is 2. The third kappa shape index (κ3) is 3.01. The van der Waals surface area contributed by atoms with Crippen molar-refractivity contribution in [3.8, 4) is 22.9 Å². The number of ether oxygens (including phenoxy) is 2. The standard InChI is InChI=1S/C20H16N6O2S/c1-27-16-6-4-12(10-17(16)28-2)21-20-14-7-8-29-18(14)13-5-3-11(9-15(13)22-20)19-23-25-26-24-19/h3-10H,1-2H3,(H,21,22)(H,23,24,25,26). The van der Waals surface area contributed by atoms with Gasteiger partial charge in [-0.3, -0.25) is 0 Å². The number of aromatic amines is 1. The maximum absolute atomic E-state index is 5.41. The summed E-state index contributed by atoms with van der Waals surface area (Å²) >= 11 is 1.69. The Morgan fingerprint density at radius 1 is 0.966 bits per heavy atom. The summed E-state index contributed by atoms with van der Waals surface area (Å²) in [6.07, 6.45) is 0. The highest BCUT2D eigenvalue weighted by atomic mass is 32.1. The third-order valence-electron chi connectivity index (χ3n) is 4.66. The van der Waals surface area contributed by atoms with Gasteiger partial charge in [0.05, 0.1) is 19.7 Å². The second kappa shape index (κ2) is 7.02. The van der Waals surface area contributed by atoms with Gasteiger partial charge in [0.1, 0.15) is 5.82 Å². The zero-order valence-corrected chi connectivity index (χ0v) is 16.4. The van der Waals surface area contributed by atoms with Crippen LogP contribution in [0.1, 0.15) is 0 Å². The van der Waals surface area contributed by atoms with Crippen LogP contribution in [0.4, 0.5) is 11.5 Å². The second-order valence-electron chi connectivity index (χ2n) is 6.30. The van der Waals surface area contributed by atoms with E-state index in [2.05, 4.69) is 43.5 Å². The van der Waals surface area contributed by atoms with Crippen LogP contribution in [0.3, 0.4) is 0 Å². The Hall–Kier alpha value is -3.72. The molecule has 5 aromatic rings. The molecule has 0 amide bonds. The lowest BCUT2D eigenvalue weighted by molar-refractivity contribution is 0.355. The minimum atomic E-state index is 0.606. The van der Waals surface area contributed by atoms with Gasteiger partial charge in [-0.05, 0) is 40.1 Å². The van der Waals surface area contributed by atoms with Gasteiger partial charge in [-0.15, -0.1) is 16.4 Å². The van der Waals surface area contributed by atoms with E-state index in [-0.39, 0.29) is 0 Å². The van der Waals surface area contributed by atoms with Crippen LogP contribution >= 0.6 is 11.3 Å². The number of nitrogens with zero attached hydrogens (tertiary/aromatic N) is 4. The van der Waals surface area contributed by atoms with Crippen molar-refractivity contribution in [1.82, 2.24) is 25.6 Å². The monoisotopic (exact) mass is 404 g/mol. The number of methoxy groups -OCH3 is 2. The van der Waals surface area contributed by atoms with Gasteiger partial charge < -0.3 is 14.8 Å². The van der Waals surface area contributed by atoms with Gasteiger partial charge in [0.15, 0.2) is 17.3 Å². The molecule has 29 heavy (non-hydrogen) atoms. The van der Waals surface area contributed by atoms with Gasteiger partial charge in [0, 0.05) is 32.8 Å². The van der Waals surface area contributed by atoms with E-state index in [1.54, 1.807) is 25.6 Å². The third-order valence-corrected chi connectivity index (χ3v) is 5.61. The first-order valence-corrected chi connectivity index (χ1v) is 9.69. The summed E-state index contributed by atoms with van der Waals surface area (Å²) < 4.78 is 11.9. The lowest BCUT2D eigenvalue weighted by Crippen LogP contribution is -1.97. The molecular formula is C20H16N6O2S. The summed E-state index contributed by atoms with van der Waals surface area (Å²) in [7, 11) is 3.24. The minimum Gasteiger partial charge on any atom is -0.493 e. The summed E-state index contributed by atoms with van der Waals surface area (Å²) in [6, 6.07) is 13.8. The van der Waals surface area contributed by atoms with Crippen molar-refractivity contribution in [1.29, 1.82) is 0 Å². The van der Waals surface area contributed by atoms with Gasteiger partial charge in [-0.1, -0.05) is 12.1 Å². The summed E-state index contributed by atoms with van der Waals surface area (Å²) in [5.41, 5.74) is 2.59. The van der Waals surface area contributed by atoms with E-state index in [9.17, 15) is 0 Å². The molecule has 0 fully saturated rings. The van der Waals surface area contributed by atoms with Crippen LogP contribution in [-0.4, -0.2) is 39.8 Å². The Morgan fingerprint density at radius 3 is 2.66 bits per heavy atom. The number of nitrogens with one attached hydrogen (secondary N) is 2. The van der Waals surface area contributed by atoms with Crippen LogP contribution < -0.4 is 14.8 Å². The molecule has 0 saturated carbocycles. The van der Waals surface area contributed by atoms with Gasteiger partial charge in [0.2, 0.25) is 0 Å². The number of hydrogen-bond acceptors (Lipinski definition) is 8. The molecule has 0 unspecified atom stereocenters. The van der Waals surface area contributed by atoms with Crippen molar-refractivity contribution in [2.75, 3.05) is 19.5 Å². The molecule has 3 aromatic heterocycles. The van der Waals surface area contributed by atoms with E-state index >= 15 is 0 Å². The molecule has 9 heteroatoms. The van der Waals surface area contributed by atoms with Crippen LogP contribution in [0, 0.1) is 0 Å². The number of fused-ring (bicyclic) bond motifs is 3. The fraction of sp³-hybridized carbons (Fsp3) is 0.100. The summed E-state index contributed by atoms with van der Waals surface area (Å²) in [6.45, 7) is 0. The molecule has 0 saturated heterocycles. The molecule has 0 radical (unpaired) electrons. The SMILES string of the molecule is COc1ccc(Nc2nc3cc(-c4nnn[nH]4)ccc3c3sccc23)cc1OC. The first kappa shape index (κ1) is 17.4. The van der Waals surface area contributed by atoms with Crippen LogP contribution in [0.25, 0.3) is 32.4 Å². The lowest BCUT2D eigenvalue weighted by atomic mass is 10.1. The number of aromatic nitrogens is 5. The summed E-state index contributed by atoms with van der Waals surface area (Å²) in [5, 5.41) is 21.7. The lowest BCUT2D eigenvalue weighted by Gasteiger charge is -2.12. The molecule has 0 aliphatic rings. The number of benzene rings is 2. The number of hydrogen-bond donors (Lipinski definition) is 2. The van der Waals surface area contributed by atoms with Crippen LogP contribution in [0.2, 0.25) is 0 Å². The molecular weight excluding hydrogens is 388 g/mol. The van der Waals surface area contributed by atoms with Crippen molar-refractivity contribution >= 4 is 43.8 Å². The molecule has 8 nitrogen and oxygen atoms in total. The number of pyridine rings is 1. The molecule has 2 aromatic carbocycles. The highest BCUT2D eigenvalue weighted by Gasteiger charge is 2.13. The molecule has 2 N–H and O–H groups in total. The van der Waals surface area contributed by atoms with Crippen LogP contribution in [0.15, 0.2) is 47.8 Å². The van der Waals surface area contributed by atoms with Crippen molar-refractivity contribution in [2.45, 2.75) is 0 Å². The van der Waals surface area contributed by atoms with E-state index in [0.29, 0.717) is 17.3 Å². The van der Waals surface area contributed by atoms with Crippen molar-refractivity contribution in [3.05, 3.63) is 47.8 Å². The molecule has 144 valence electrons. The Bertz CT molecular complexity index is 1320. The van der Waals surface area contributed by atoms with Crippen molar-refractivity contribution in [2.24, 2.45) is 0 Å². The van der Waals surface area contributed by atoms with E-state index in [0.717, 1.165) is 33.4 Å². The molecule has 0 aliphatic carbocycles. The first-order valence-electron chi connectivity index (χ1n) is 8.81. The number of rotatable bonds is 5. The topological polar surface area (TPSA) is 97.8 Å². The first-order chi connectivity index (χ1) is 14.3. The second-order valence-corrected chi connectivity index (χ2v) is 7.22. The summed E-state index contributed by atoms with van der Waals surface area (Å²) in [5.74, 6) is 2.71. The van der Waals surface area contributed by atoms with Crippen LogP contribution in [0.5, 0.6) is 11.5 Å². The van der Waals surface area contributed by atoms with E-state index in [4.69, 9.17) is 14.5 Å².